The van der Waals surface area contributed by atoms with Crippen LogP contribution in [0.3, 0.4) is 0 Å². The highest BCUT2D eigenvalue weighted by Crippen LogP contribution is 2.33. The maximum Gasteiger partial charge on any atom is 0.326 e. The second-order valence-corrected chi connectivity index (χ2v) is 7.13. The van der Waals surface area contributed by atoms with E-state index in [1.807, 2.05) is 26.0 Å². The van der Waals surface area contributed by atoms with Crippen molar-refractivity contribution in [3.05, 3.63) is 58.9 Å². The van der Waals surface area contributed by atoms with Crippen LogP contribution in [0.4, 0.5) is 0 Å². The Morgan fingerprint density at radius 1 is 1.30 bits per heavy atom. The van der Waals surface area contributed by atoms with Gasteiger partial charge in [0.05, 0.1) is 0 Å². The van der Waals surface area contributed by atoms with E-state index in [0.717, 1.165) is 35.3 Å². The van der Waals surface area contributed by atoms with Gasteiger partial charge in [-0.15, -0.1) is 0 Å². The highest BCUT2D eigenvalue weighted by atomic mass is 16.5. The maximum atomic E-state index is 12.5. The average Bonchev–Trinajstić information content (AvgIpc) is 3.45. The number of carbonyl (C=O) groups is 2. The van der Waals surface area contributed by atoms with Crippen LogP contribution >= 0.6 is 0 Å². The lowest BCUT2D eigenvalue weighted by molar-refractivity contribution is -0.139. The Bertz CT molecular complexity index is 808. The van der Waals surface area contributed by atoms with E-state index in [1.54, 1.807) is 24.5 Å². The maximum absolute atomic E-state index is 12.5. The zero-order chi connectivity index (χ0) is 19.4. The van der Waals surface area contributed by atoms with Gasteiger partial charge in [-0.3, -0.25) is 9.78 Å². The van der Waals surface area contributed by atoms with E-state index in [9.17, 15) is 14.7 Å². The highest BCUT2D eigenvalue weighted by molar-refractivity contribution is 5.97. The predicted octanol–water partition coefficient (Wildman–Crippen LogP) is 3.26. The summed E-state index contributed by atoms with van der Waals surface area (Å²) in [6.45, 7) is 4.14. The predicted molar refractivity (Wildman–Crippen MR) is 101 cm³/mol. The third kappa shape index (κ3) is 5.06. The molecule has 0 radical (unpaired) electrons. The van der Waals surface area contributed by atoms with Gasteiger partial charge in [-0.25, -0.2) is 4.79 Å². The molecule has 1 heterocycles. The molecule has 0 bridgehead atoms. The van der Waals surface area contributed by atoms with Gasteiger partial charge in [0.15, 0.2) is 0 Å². The van der Waals surface area contributed by atoms with Crippen molar-refractivity contribution in [2.24, 2.45) is 5.92 Å². The molecule has 1 aliphatic rings. The van der Waals surface area contributed by atoms with Crippen LogP contribution in [0, 0.1) is 19.8 Å². The summed E-state index contributed by atoms with van der Waals surface area (Å²) in [5.41, 5.74) is 3.07. The molecule has 0 aliphatic heterocycles. The summed E-state index contributed by atoms with van der Waals surface area (Å²) in [6, 6.07) is 6.41. The number of hydrogen-bond donors (Lipinski definition) is 2. The number of amides is 1. The summed E-state index contributed by atoms with van der Waals surface area (Å²) < 4.78 is 5.90. The number of pyridine rings is 1. The first-order valence-electron chi connectivity index (χ1n) is 9.10. The van der Waals surface area contributed by atoms with Gasteiger partial charge in [-0.05, 0) is 55.5 Å². The Balaban J connectivity index is 1.69. The Labute approximate surface area is 158 Å². The third-order valence-corrected chi connectivity index (χ3v) is 4.70. The molecular weight excluding hydrogens is 344 g/mol. The normalized spacial score (nSPS) is 14.4. The number of benzene rings is 1. The zero-order valence-corrected chi connectivity index (χ0v) is 15.6. The lowest BCUT2D eigenvalue weighted by Crippen LogP contribution is -2.41. The van der Waals surface area contributed by atoms with E-state index >= 15 is 0 Å². The fourth-order valence-corrected chi connectivity index (χ4v) is 3.10. The van der Waals surface area contributed by atoms with Gasteiger partial charge in [0, 0.05) is 23.5 Å². The number of ether oxygens (including phenoxy) is 1. The van der Waals surface area contributed by atoms with E-state index in [4.69, 9.17) is 4.74 Å². The molecule has 1 atom stereocenters. The van der Waals surface area contributed by atoms with Crippen LogP contribution < -0.4 is 10.1 Å². The standard InChI is InChI=1S/C21H24N2O4/c1-13-8-17(20(24)23-18(21(25)26)10-15-5-6-15)9-14(2)19(13)27-12-16-4-3-7-22-11-16/h3-4,7-9,11,15,18H,5-6,10,12H2,1-2H3,(H,23,24)(H,25,26). The first kappa shape index (κ1) is 18.9. The molecule has 1 saturated carbocycles. The quantitative estimate of drug-likeness (QED) is 0.747. The first-order chi connectivity index (χ1) is 12.9. The minimum absolute atomic E-state index is 0.368. The summed E-state index contributed by atoms with van der Waals surface area (Å²) in [7, 11) is 0. The molecule has 1 unspecified atom stereocenters. The molecule has 3 rings (SSSR count). The van der Waals surface area contributed by atoms with Gasteiger partial charge >= 0.3 is 5.97 Å². The van der Waals surface area contributed by atoms with Crippen molar-refractivity contribution in [3.8, 4) is 5.75 Å². The van der Waals surface area contributed by atoms with Gasteiger partial charge in [-0.1, -0.05) is 18.9 Å². The summed E-state index contributed by atoms with van der Waals surface area (Å²) in [6.07, 6.45) is 6.03. The van der Waals surface area contributed by atoms with E-state index in [-0.39, 0.29) is 5.91 Å². The second-order valence-electron chi connectivity index (χ2n) is 7.13. The average molecular weight is 368 g/mol. The van der Waals surface area contributed by atoms with Gasteiger partial charge in [0.1, 0.15) is 18.4 Å². The minimum atomic E-state index is -0.986. The number of aliphatic carboxylic acids is 1. The molecule has 1 aliphatic carbocycles. The van der Waals surface area contributed by atoms with Crippen LogP contribution in [0.2, 0.25) is 0 Å². The first-order valence-corrected chi connectivity index (χ1v) is 9.10. The number of aryl methyl sites for hydroxylation is 2. The Morgan fingerprint density at radius 2 is 2.00 bits per heavy atom. The van der Waals surface area contributed by atoms with Crippen LogP contribution in [-0.2, 0) is 11.4 Å². The van der Waals surface area contributed by atoms with E-state index < -0.39 is 12.0 Å². The fourth-order valence-electron chi connectivity index (χ4n) is 3.10. The van der Waals surface area contributed by atoms with Crippen molar-refractivity contribution in [2.45, 2.75) is 45.8 Å². The van der Waals surface area contributed by atoms with Gasteiger partial charge < -0.3 is 15.2 Å². The summed E-state index contributed by atoms with van der Waals surface area (Å²) >= 11 is 0. The van der Waals surface area contributed by atoms with Crippen molar-refractivity contribution in [2.75, 3.05) is 0 Å². The van der Waals surface area contributed by atoms with Crippen molar-refractivity contribution < 1.29 is 19.4 Å². The second kappa shape index (κ2) is 8.20. The monoisotopic (exact) mass is 368 g/mol. The molecule has 0 saturated heterocycles. The molecule has 27 heavy (non-hydrogen) atoms. The molecule has 142 valence electrons. The summed E-state index contributed by atoms with van der Waals surface area (Å²) in [5, 5.41) is 12.0. The molecule has 1 aromatic carbocycles. The third-order valence-electron chi connectivity index (χ3n) is 4.70. The van der Waals surface area contributed by atoms with Crippen LogP contribution in [-0.4, -0.2) is 28.0 Å². The number of aromatic nitrogens is 1. The largest absolute Gasteiger partial charge is 0.488 e. The van der Waals surface area contributed by atoms with E-state index in [2.05, 4.69) is 10.3 Å². The molecular formula is C21H24N2O4. The molecule has 1 fully saturated rings. The number of hydrogen-bond acceptors (Lipinski definition) is 4. The molecule has 6 heteroatoms. The van der Waals surface area contributed by atoms with Crippen molar-refractivity contribution in [3.63, 3.8) is 0 Å². The number of carboxylic acids is 1. The number of nitrogens with one attached hydrogen (secondary N) is 1. The van der Waals surface area contributed by atoms with Gasteiger partial charge in [-0.2, -0.15) is 0 Å². The van der Waals surface area contributed by atoms with Crippen LogP contribution in [0.1, 0.15) is 46.3 Å². The molecule has 2 aromatic rings. The van der Waals surface area contributed by atoms with Gasteiger partial charge in [0.2, 0.25) is 0 Å². The molecule has 1 amide bonds. The van der Waals surface area contributed by atoms with Crippen molar-refractivity contribution >= 4 is 11.9 Å². The lowest BCUT2D eigenvalue weighted by Gasteiger charge is -2.17. The molecule has 2 N–H and O–H groups in total. The van der Waals surface area contributed by atoms with E-state index in [0.29, 0.717) is 24.5 Å². The molecule has 1 aromatic heterocycles. The lowest BCUT2D eigenvalue weighted by atomic mass is 10.0. The minimum Gasteiger partial charge on any atom is -0.488 e. The molecule has 0 spiro atoms. The van der Waals surface area contributed by atoms with Gasteiger partial charge in [0.25, 0.3) is 5.91 Å². The van der Waals surface area contributed by atoms with Crippen molar-refractivity contribution in [1.29, 1.82) is 0 Å². The Morgan fingerprint density at radius 3 is 2.56 bits per heavy atom. The topological polar surface area (TPSA) is 88.5 Å². The van der Waals surface area contributed by atoms with Crippen molar-refractivity contribution in [1.82, 2.24) is 10.3 Å². The zero-order valence-electron chi connectivity index (χ0n) is 15.6. The highest BCUT2D eigenvalue weighted by Gasteiger charge is 2.30. The number of carboxylic acid groups (broad SMARTS) is 1. The van der Waals surface area contributed by atoms with Crippen LogP contribution in [0.15, 0.2) is 36.7 Å². The Kier molecular flexibility index (Phi) is 5.74. The van der Waals surface area contributed by atoms with E-state index in [1.165, 1.54) is 0 Å². The fraction of sp³-hybridized carbons (Fsp3) is 0.381. The van der Waals surface area contributed by atoms with Crippen LogP contribution in [0.25, 0.3) is 0 Å². The van der Waals surface area contributed by atoms with Crippen LogP contribution in [0.5, 0.6) is 5.75 Å². The SMILES string of the molecule is Cc1cc(C(=O)NC(CC2CC2)C(=O)O)cc(C)c1OCc1cccnc1. The molecule has 6 nitrogen and oxygen atoms in total. The Hall–Kier alpha value is -2.89. The summed E-state index contributed by atoms with van der Waals surface area (Å²) in [4.78, 5) is 28.0. The smallest absolute Gasteiger partial charge is 0.326 e. The number of carbonyl (C=O) groups excluding carboxylic acids is 1. The summed E-state index contributed by atoms with van der Waals surface area (Å²) in [5.74, 6) is -0.213. The number of nitrogens with zero attached hydrogens (tertiary/aromatic N) is 1. The number of rotatable bonds is 8.